The normalized spacial score (nSPS) is 11.4. The third kappa shape index (κ3) is 4.36. The Morgan fingerprint density at radius 1 is 0.778 bits per heavy atom. The van der Waals surface area contributed by atoms with Gasteiger partial charge in [0.1, 0.15) is 0 Å². The van der Waals surface area contributed by atoms with Crippen molar-refractivity contribution < 1.29 is 8.42 Å². The van der Waals surface area contributed by atoms with Crippen LogP contribution in [0.1, 0.15) is 23.6 Å². The lowest BCUT2D eigenvalue weighted by Gasteiger charge is -2.23. The molecule has 0 fully saturated rings. The molecule has 1 aromatic heterocycles. The topological polar surface area (TPSA) is 42.3 Å². The van der Waals surface area contributed by atoms with Crippen LogP contribution in [0.25, 0.3) is 21.8 Å². The second-order valence-corrected chi connectivity index (χ2v) is 10.8. The summed E-state index contributed by atoms with van der Waals surface area (Å²) in [5, 5.41) is 2.13. The summed E-state index contributed by atoms with van der Waals surface area (Å²) in [5.41, 5.74) is 5.84. The lowest BCUT2D eigenvalue weighted by Crippen LogP contribution is -2.31. The Labute approximate surface area is 212 Å². The van der Waals surface area contributed by atoms with Crippen molar-refractivity contribution in [1.82, 2.24) is 4.57 Å². The summed E-state index contributed by atoms with van der Waals surface area (Å²) in [6.07, 6.45) is 0. The minimum atomic E-state index is -3.83. The molecule has 180 valence electrons. The van der Waals surface area contributed by atoms with Gasteiger partial charge >= 0.3 is 0 Å². The number of hydrogen-bond donors (Lipinski definition) is 0. The Morgan fingerprint density at radius 3 is 2.11 bits per heavy atom. The maximum absolute atomic E-state index is 13.8. The van der Waals surface area contributed by atoms with Gasteiger partial charge in [0.25, 0.3) is 10.0 Å². The molecule has 5 aromatic rings. The quantitative estimate of drug-likeness (QED) is 0.257. The van der Waals surface area contributed by atoms with E-state index in [4.69, 9.17) is 0 Å². The maximum Gasteiger partial charge on any atom is 0.265 e. The number of sulfonamides is 1. The van der Waals surface area contributed by atoms with Crippen LogP contribution in [0.3, 0.4) is 0 Å². The van der Waals surface area contributed by atoms with Gasteiger partial charge in [-0.1, -0.05) is 65.4 Å². The minimum Gasteiger partial charge on any atom is -0.341 e. The summed E-state index contributed by atoms with van der Waals surface area (Å²) in [6, 6.07) is 29.0. The molecule has 36 heavy (non-hydrogen) atoms. The van der Waals surface area contributed by atoms with E-state index in [2.05, 4.69) is 35.5 Å². The largest absolute Gasteiger partial charge is 0.341 e. The zero-order valence-electron chi connectivity index (χ0n) is 20.7. The average molecular weight is 493 g/mol. The van der Waals surface area contributed by atoms with Gasteiger partial charge in [-0.15, -0.1) is 0 Å². The first kappa shape index (κ1) is 23.7. The molecule has 0 amide bonds. The zero-order chi connectivity index (χ0) is 25.3. The van der Waals surface area contributed by atoms with Crippen LogP contribution in [0.2, 0.25) is 0 Å². The lowest BCUT2D eigenvalue weighted by molar-refractivity contribution is 0.593. The van der Waals surface area contributed by atoms with Gasteiger partial charge in [-0.2, -0.15) is 0 Å². The second kappa shape index (κ2) is 9.56. The third-order valence-electron chi connectivity index (χ3n) is 6.48. The number of anilines is 1. The predicted octanol–water partition coefficient (Wildman–Crippen LogP) is 6.68. The third-order valence-corrected chi connectivity index (χ3v) is 8.26. The van der Waals surface area contributed by atoms with Crippen LogP contribution in [-0.2, 0) is 16.6 Å². The van der Waals surface area contributed by atoms with Crippen molar-refractivity contribution in [3.63, 3.8) is 0 Å². The number of rotatable bonds is 5. The monoisotopic (exact) mass is 492 g/mol. The first-order valence-corrected chi connectivity index (χ1v) is 13.5. The number of aryl methyl sites for hydroxylation is 3. The molecule has 4 aromatic carbocycles. The van der Waals surface area contributed by atoms with E-state index in [0.29, 0.717) is 5.69 Å². The van der Waals surface area contributed by atoms with Gasteiger partial charge in [-0.05, 0) is 69.3 Å². The molecular formula is C31H28N2O2S. The summed E-state index contributed by atoms with van der Waals surface area (Å²) < 4.78 is 31.4. The van der Waals surface area contributed by atoms with Gasteiger partial charge in [0.2, 0.25) is 0 Å². The van der Waals surface area contributed by atoms with Crippen molar-refractivity contribution in [3.8, 4) is 11.8 Å². The summed E-state index contributed by atoms with van der Waals surface area (Å²) >= 11 is 0. The van der Waals surface area contributed by atoms with Crippen molar-refractivity contribution in [2.24, 2.45) is 0 Å². The van der Waals surface area contributed by atoms with Gasteiger partial charge in [-0.25, -0.2) is 8.42 Å². The smallest absolute Gasteiger partial charge is 0.265 e. The fourth-order valence-corrected chi connectivity index (χ4v) is 5.90. The van der Waals surface area contributed by atoms with E-state index in [1.54, 1.807) is 12.1 Å². The van der Waals surface area contributed by atoms with Crippen LogP contribution in [-0.4, -0.2) is 19.5 Å². The SMILES string of the molecule is CCn1c2ccccc2c2cc(N(CC#Cc3ccc(C)cc3)S(=O)(=O)c3ccc(C)cc3)ccc21. The molecule has 0 N–H and O–H groups in total. The van der Waals surface area contributed by atoms with Crippen molar-refractivity contribution in [2.45, 2.75) is 32.2 Å². The standard InChI is InChI=1S/C31H28N2O2S/c1-4-32-30-10-6-5-9-28(30)29-22-26(17-20-31(29)32)33(21-7-8-25-15-11-23(2)12-16-25)36(34,35)27-18-13-24(3)14-19-27/h5-6,9-20,22H,4,21H2,1-3H3. The molecule has 0 saturated carbocycles. The fourth-order valence-electron chi connectivity index (χ4n) is 4.54. The minimum absolute atomic E-state index is 0.0437. The molecule has 5 heteroatoms. The molecule has 0 unspecified atom stereocenters. The Balaban J connectivity index is 1.64. The van der Waals surface area contributed by atoms with E-state index in [9.17, 15) is 8.42 Å². The zero-order valence-corrected chi connectivity index (χ0v) is 21.5. The van der Waals surface area contributed by atoms with Crippen LogP contribution in [0.5, 0.6) is 0 Å². The van der Waals surface area contributed by atoms with E-state index in [1.807, 2.05) is 80.6 Å². The molecule has 0 aliphatic heterocycles. The van der Waals surface area contributed by atoms with Crippen molar-refractivity contribution in [1.29, 1.82) is 0 Å². The fraction of sp³-hybridized carbons (Fsp3) is 0.161. The predicted molar refractivity (Wildman–Crippen MR) is 149 cm³/mol. The molecule has 0 aliphatic carbocycles. The molecule has 0 aliphatic rings. The highest BCUT2D eigenvalue weighted by atomic mass is 32.2. The highest BCUT2D eigenvalue weighted by Crippen LogP contribution is 2.33. The Bertz CT molecular complexity index is 1720. The number of nitrogens with zero attached hydrogens (tertiary/aromatic N) is 2. The number of aromatic nitrogens is 1. The Kier molecular flexibility index (Phi) is 6.30. The highest BCUT2D eigenvalue weighted by molar-refractivity contribution is 7.92. The number of fused-ring (bicyclic) bond motifs is 3. The molecule has 0 radical (unpaired) electrons. The van der Waals surface area contributed by atoms with Gasteiger partial charge in [0.15, 0.2) is 0 Å². The number of hydrogen-bond acceptors (Lipinski definition) is 2. The van der Waals surface area contributed by atoms with Crippen LogP contribution in [0.4, 0.5) is 5.69 Å². The molecule has 0 saturated heterocycles. The summed E-state index contributed by atoms with van der Waals surface area (Å²) in [5.74, 6) is 6.22. The van der Waals surface area contributed by atoms with Gasteiger partial charge in [-0.3, -0.25) is 4.31 Å². The lowest BCUT2D eigenvalue weighted by atomic mass is 10.1. The molecule has 0 bridgehead atoms. The first-order valence-electron chi connectivity index (χ1n) is 12.0. The van der Waals surface area contributed by atoms with Crippen LogP contribution in [0.15, 0.2) is 95.9 Å². The summed E-state index contributed by atoms with van der Waals surface area (Å²) in [4.78, 5) is 0.251. The van der Waals surface area contributed by atoms with Crippen LogP contribution < -0.4 is 4.31 Å². The highest BCUT2D eigenvalue weighted by Gasteiger charge is 2.25. The van der Waals surface area contributed by atoms with Crippen molar-refractivity contribution in [2.75, 3.05) is 10.8 Å². The molecule has 5 rings (SSSR count). The Morgan fingerprint density at radius 2 is 1.42 bits per heavy atom. The average Bonchev–Trinajstić information content (AvgIpc) is 3.21. The van der Waals surface area contributed by atoms with E-state index in [0.717, 1.165) is 45.0 Å². The van der Waals surface area contributed by atoms with Gasteiger partial charge < -0.3 is 4.57 Å². The van der Waals surface area contributed by atoms with E-state index < -0.39 is 10.0 Å². The van der Waals surface area contributed by atoms with Gasteiger partial charge in [0.05, 0.1) is 17.1 Å². The van der Waals surface area contributed by atoms with Crippen molar-refractivity contribution >= 4 is 37.5 Å². The Hall–Kier alpha value is -4.01. The molecular weight excluding hydrogens is 464 g/mol. The second-order valence-electron chi connectivity index (χ2n) is 8.96. The van der Waals surface area contributed by atoms with E-state index in [-0.39, 0.29) is 11.4 Å². The molecule has 0 spiro atoms. The molecule has 1 heterocycles. The summed E-state index contributed by atoms with van der Waals surface area (Å²) in [6.45, 7) is 6.96. The number of para-hydroxylation sites is 1. The van der Waals surface area contributed by atoms with E-state index in [1.165, 1.54) is 4.31 Å². The molecule has 4 nitrogen and oxygen atoms in total. The van der Waals surface area contributed by atoms with Crippen LogP contribution >= 0.6 is 0 Å². The van der Waals surface area contributed by atoms with Crippen LogP contribution in [0, 0.1) is 25.7 Å². The van der Waals surface area contributed by atoms with Gasteiger partial charge in [0, 0.05) is 33.9 Å². The maximum atomic E-state index is 13.8. The number of benzene rings is 4. The summed E-state index contributed by atoms with van der Waals surface area (Å²) in [7, 11) is -3.83. The molecule has 0 atom stereocenters. The first-order chi connectivity index (χ1) is 17.4. The van der Waals surface area contributed by atoms with E-state index >= 15 is 0 Å². The van der Waals surface area contributed by atoms with Crippen molar-refractivity contribution in [3.05, 3.63) is 108 Å².